The molecule has 0 bridgehead atoms. The van der Waals surface area contributed by atoms with E-state index in [1.165, 1.54) is 6.26 Å². The zero-order valence-corrected chi connectivity index (χ0v) is 10.1. The zero-order valence-electron chi connectivity index (χ0n) is 10.1. The molecule has 0 fully saturated rings. The molecule has 1 atom stereocenters. The number of amides is 1. The first-order chi connectivity index (χ1) is 7.49. The molecule has 0 saturated carbocycles. The van der Waals surface area contributed by atoms with E-state index in [0.717, 1.165) is 0 Å². The molecule has 5 nitrogen and oxygen atoms in total. The molecule has 16 heavy (non-hydrogen) atoms. The van der Waals surface area contributed by atoms with Crippen molar-refractivity contribution >= 4 is 11.9 Å². The molecule has 0 aliphatic heterocycles. The summed E-state index contributed by atoms with van der Waals surface area (Å²) in [5.41, 5.74) is 0. The summed E-state index contributed by atoms with van der Waals surface area (Å²) >= 11 is 0. The quantitative estimate of drug-likeness (QED) is 0.857. The Hall–Kier alpha value is -1.52. The van der Waals surface area contributed by atoms with Crippen molar-refractivity contribution in [1.29, 1.82) is 0 Å². The lowest BCUT2D eigenvalue weighted by Crippen LogP contribution is -2.20. The molecule has 1 amide bonds. The normalized spacial score (nSPS) is 12.6. The number of rotatable bonds is 4. The summed E-state index contributed by atoms with van der Waals surface area (Å²) < 4.78 is 9.99. The Balaban J connectivity index is 2.31. The van der Waals surface area contributed by atoms with E-state index in [0.29, 0.717) is 30.2 Å². The lowest BCUT2D eigenvalue weighted by atomic mass is 10.00. The maximum absolute atomic E-state index is 11.3. The van der Waals surface area contributed by atoms with Crippen LogP contribution < -0.4 is 5.32 Å². The largest absolute Gasteiger partial charge is 0.449 e. The molecule has 0 radical (unpaired) electrons. The van der Waals surface area contributed by atoms with Crippen molar-refractivity contribution in [1.82, 2.24) is 4.98 Å². The van der Waals surface area contributed by atoms with Crippen LogP contribution in [0.4, 0.5) is 10.6 Å². The van der Waals surface area contributed by atoms with E-state index in [9.17, 15) is 4.79 Å². The molecule has 0 aliphatic rings. The number of aromatic nitrogens is 1. The van der Waals surface area contributed by atoms with Crippen LogP contribution in [0, 0.1) is 18.8 Å². The molecule has 90 valence electrons. The Kier molecular flexibility index (Phi) is 4.34. The van der Waals surface area contributed by atoms with Gasteiger partial charge in [0.15, 0.2) is 11.7 Å². The lowest BCUT2D eigenvalue weighted by Gasteiger charge is -2.15. The first-order valence-electron chi connectivity index (χ1n) is 5.35. The van der Waals surface area contributed by atoms with Crippen LogP contribution >= 0.6 is 0 Å². The molecule has 1 unspecified atom stereocenters. The molecule has 5 heteroatoms. The van der Waals surface area contributed by atoms with Crippen LogP contribution in [-0.4, -0.2) is 17.7 Å². The highest BCUT2D eigenvalue weighted by Gasteiger charge is 2.11. The monoisotopic (exact) mass is 226 g/mol. The van der Waals surface area contributed by atoms with Crippen LogP contribution in [0.25, 0.3) is 0 Å². The van der Waals surface area contributed by atoms with Crippen molar-refractivity contribution in [2.75, 3.05) is 11.9 Å². The third-order valence-corrected chi connectivity index (χ3v) is 2.46. The molecular weight excluding hydrogens is 208 g/mol. The van der Waals surface area contributed by atoms with Gasteiger partial charge in [-0.2, -0.15) is 4.98 Å². The standard InChI is InChI=1S/C11H18N2O3/c1-7(2)8(3)5-16-11(14)13-10-6-15-9(4)12-10/h6-8H,5H2,1-4H3,(H,13,14). The Labute approximate surface area is 95.2 Å². The average Bonchev–Trinajstić information content (AvgIpc) is 2.60. The topological polar surface area (TPSA) is 64.4 Å². The van der Waals surface area contributed by atoms with E-state index < -0.39 is 6.09 Å². The van der Waals surface area contributed by atoms with Gasteiger partial charge in [-0.05, 0) is 11.8 Å². The number of aryl methyl sites for hydroxylation is 1. The van der Waals surface area contributed by atoms with Crippen LogP contribution in [0.2, 0.25) is 0 Å². The summed E-state index contributed by atoms with van der Waals surface area (Å²) in [7, 11) is 0. The molecule has 0 aliphatic carbocycles. The third kappa shape index (κ3) is 3.92. The lowest BCUT2D eigenvalue weighted by molar-refractivity contribution is 0.133. The van der Waals surface area contributed by atoms with Gasteiger partial charge in [-0.3, -0.25) is 5.32 Å². The van der Waals surface area contributed by atoms with E-state index >= 15 is 0 Å². The van der Waals surface area contributed by atoms with Crippen LogP contribution in [0.1, 0.15) is 26.7 Å². The zero-order chi connectivity index (χ0) is 12.1. The van der Waals surface area contributed by atoms with Gasteiger partial charge < -0.3 is 9.15 Å². The smallest absolute Gasteiger partial charge is 0.412 e. The molecule has 0 saturated heterocycles. The number of carbonyl (C=O) groups excluding carboxylic acids is 1. The Morgan fingerprint density at radius 1 is 1.56 bits per heavy atom. The summed E-state index contributed by atoms with van der Waals surface area (Å²) in [6, 6.07) is 0. The summed E-state index contributed by atoms with van der Waals surface area (Å²) in [6.45, 7) is 8.33. The highest BCUT2D eigenvalue weighted by Crippen LogP contribution is 2.11. The Bertz CT molecular complexity index is 347. The highest BCUT2D eigenvalue weighted by molar-refractivity contribution is 5.82. The minimum atomic E-state index is -0.499. The van der Waals surface area contributed by atoms with Crippen molar-refractivity contribution in [3.8, 4) is 0 Å². The van der Waals surface area contributed by atoms with Gasteiger partial charge in [-0.25, -0.2) is 4.79 Å². The number of hydrogen-bond donors (Lipinski definition) is 1. The fourth-order valence-corrected chi connectivity index (χ4v) is 0.961. The van der Waals surface area contributed by atoms with E-state index in [2.05, 4.69) is 24.1 Å². The number of nitrogens with one attached hydrogen (secondary N) is 1. The van der Waals surface area contributed by atoms with Crippen LogP contribution in [-0.2, 0) is 4.74 Å². The van der Waals surface area contributed by atoms with Gasteiger partial charge in [0, 0.05) is 6.92 Å². The van der Waals surface area contributed by atoms with Gasteiger partial charge >= 0.3 is 6.09 Å². The maximum Gasteiger partial charge on any atom is 0.412 e. The SMILES string of the molecule is Cc1nc(NC(=O)OCC(C)C(C)C)co1. The number of nitrogens with zero attached hydrogens (tertiary/aromatic N) is 1. The summed E-state index contributed by atoms with van der Waals surface area (Å²) in [4.78, 5) is 15.3. The van der Waals surface area contributed by atoms with Gasteiger partial charge in [0.2, 0.25) is 0 Å². The Morgan fingerprint density at radius 2 is 2.25 bits per heavy atom. The van der Waals surface area contributed by atoms with Crippen molar-refractivity contribution in [3.05, 3.63) is 12.2 Å². The fraction of sp³-hybridized carbons (Fsp3) is 0.636. The predicted molar refractivity (Wildman–Crippen MR) is 60.2 cm³/mol. The molecular formula is C11H18N2O3. The number of hydrogen-bond acceptors (Lipinski definition) is 4. The first kappa shape index (κ1) is 12.5. The van der Waals surface area contributed by atoms with Crippen molar-refractivity contribution in [2.45, 2.75) is 27.7 Å². The second kappa shape index (κ2) is 5.53. The summed E-state index contributed by atoms with van der Waals surface area (Å²) in [5, 5.41) is 2.49. The fourth-order valence-electron chi connectivity index (χ4n) is 0.961. The minimum absolute atomic E-state index is 0.338. The van der Waals surface area contributed by atoms with Gasteiger partial charge in [0.05, 0.1) is 6.61 Å². The van der Waals surface area contributed by atoms with Crippen molar-refractivity contribution in [3.63, 3.8) is 0 Å². The molecule has 1 N–H and O–H groups in total. The second-order valence-corrected chi connectivity index (χ2v) is 4.20. The van der Waals surface area contributed by atoms with E-state index in [1.807, 2.05) is 6.92 Å². The predicted octanol–water partition coefficient (Wildman–Crippen LogP) is 2.82. The van der Waals surface area contributed by atoms with Crippen LogP contribution in [0.15, 0.2) is 10.7 Å². The summed E-state index contributed by atoms with van der Waals surface area (Å²) in [6.07, 6.45) is 0.878. The summed E-state index contributed by atoms with van der Waals surface area (Å²) in [5.74, 6) is 1.71. The van der Waals surface area contributed by atoms with Crippen LogP contribution in [0.5, 0.6) is 0 Å². The third-order valence-electron chi connectivity index (χ3n) is 2.46. The number of carbonyl (C=O) groups is 1. The van der Waals surface area contributed by atoms with Gasteiger partial charge in [-0.1, -0.05) is 20.8 Å². The van der Waals surface area contributed by atoms with Gasteiger partial charge in [0.1, 0.15) is 6.26 Å². The number of ether oxygens (including phenoxy) is 1. The van der Waals surface area contributed by atoms with E-state index in [-0.39, 0.29) is 0 Å². The van der Waals surface area contributed by atoms with Crippen LogP contribution in [0.3, 0.4) is 0 Å². The first-order valence-corrected chi connectivity index (χ1v) is 5.35. The molecule has 1 aromatic heterocycles. The maximum atomic E-state index is 11.3. The minimum Gasteiger partial charge on any atom is -0.449 e. The number of anilines is 1. The average molecular weight is 226 g/mol. The Morgan fingerprint density at radius 3 is 2.75 bits per heavy atom. The highest BCUT2D eigenvalue weighted by atomic mass is 16.5. The molecule has 1 rings (SSSR count). The molecule has 1 aromatic rings. The van der Waals surface area contributed by atoms with E-state index in [4.69, 9.17) is 9.15 Å². The van der Waals surface area contributed by atoms with Gasteiger partial charge in [-0.15, -0.1) is 0 Å². The second-order valence-electron chi connectivity index (χ2n) is 4.20. The van der Waals surface area contributed by atoms with Crippen molar-refractivity contribution < 1.29 is 13.9 Å². The van der Waals surface area contributed by atoms with E-state index in [1.54, 1.807) is 6.92 Å². The van der Waals surface area contributed by atoms with Crippen molar-refractivity contribution in [2.24, 2.45) is 11.8 Å². The molecule has 0 spiro atoms. The van der Waals surface area contributed by atoms with Gasteiger partial charge in [0.25, 0.3) is 0 Å². The molecule has 0 aromatic carbocycles. The molecule has 1 heterocycles. The number of oxazole rings is 1.